The quantitative estimate of drug-likeness (QED) is 0.854. The van der Waals surface area contributed by atoms with Crippen LogP contribution in [0.2, 0.25) is 0 Å². The molecule has 0 aliphatic rings. The van der Waals surface area contributed by atoms with E-state index in [1.807, 2.05) is 0 Å². The van der Waals surface area contributed by atoms with Gasteiger partial charge in [-0.05, 0) is 40.5 Å². The Labute approximate surface area is 127 Å². The van der Waals surface area contributed by atoms with Crippen LogP contribution in [0.15, 0.2) is 33.1 Å². The zero-order valence-electron chi connectivity index (χ0n) is 10.1. The number of aromatic nitrogens is 1. The third-order valence-corrected chi connectivity index (χ3v) is 5.61. The highest BCUT2D eigenvalue weighted by molar-refractivity contribution is 9.10. The predicted molar refractivity (Wildman–Crippen MR) is 78.8 cm³/mol. The second kappa shape index (κ2) is 5.51. The van der Waals surface area contributed by atoms with E-state index < -0.39 is 16.0 Å². The van der Waals surface area contributed by atoms with Crippen molar-refractivity contribution in [3.63, 3.8) is 0 Å². The maximum atomic E-state index is 12.1. The molecule has 0 fully saturated rings. The van der Waals surface area contributed by atoms with Gasteiger partial charge in [-0.25, -0.2) is 18.2 Å². The molecule has 0 saturated carbocycles. The summed E-state index contributed by atoms with van der Waals surface area (Å²) < 4.78 is 27.2. The second-order valence-corrected chi connectivity index (χ2v) is 7.32. The first-order valence-corrected chi connectivity index (χ1v) is 8.42. The molecule has 6 nitrogen and oxygen atoms in total. The molecule has 0 spiro atoms. The van der Waals surface area contributed by atoms with Crippen molar-refractivity contribution in [1.29, 1.82) is 0 Å². The number of thiophene rings is 1. The van der Waals surface area contributed by atoms with Crippen molar-refractivity contribution < 1.29 is 18.3 Å². The monoisotopic (exact) mass is 376 g/mol. The number of halogens is 1. The van der Waals surface area contributed by atoms with Gasteiger partial charge in [0.15, 0.2) is 0 Å². The minimum atomic E-state index is -3.84. The number of carbonyl (C=O) groups is 1. The van der Waals surface area contributed by atoms with Crippen LogP contribution in [0.4, 0.5) is 5.82 Å². The molecule has 0 aliphatic heterocycles. The summed E-state index contributed by atoms with van der Waals surface area (Å²) in [4.78, 5) is 14.6. The molecule has 0 aliphatic carbocycles. The first-order chi connectivity index (χ1) is 9.29. The summed E-state index contributed by atoms with van der Waals surface area (Å²) in [7, 11) is -3.84. The van der Waals surface area contributed by atoms with Crippen LogP contribution in [-0.2, 0) is 10.0 Å². The molecule has 0 atom stereocenters. The van der Waals surface area contributed by atoms with Crippen molar-refractivity contribution in [2.75, 3.05) is 4.72 Å². The van der Waals surface area contributed by atoms with E-state index in [0.717, 1.165) is 27.4 Å². The van der Waals surface area contributed by atoms with E-state index in [1.165, 1.54) is 11.6 Å². The molecule has 2 aromatic heterocycles. The number of hydrogen-bond donors (Lipinski definition) is 2. The number of pyridine rings is 1. The lowest BCUT2D eigenvalue weighted by Gasteiger charge is -2.06. The topological polar surface area (TPSA) is 96.4 Å². The van der Waals surface area contributed by atoms with E-state index in [1.54, 1.807) is 13.0 Å². The van der Waals surface area contributed by atoms with E-state index in [4.69, 9.17) is 5.11 Å². The maximum Gasteiger partial charge on any atom is 0.345 e. The van der Waals surface area contributed by atoms with Gasteiger partial charge in [-0.2, -0.15) is 0 Å². The van der Waals surface area contributed by atoms with Crippen LogP contribution in [0.25, 0.3) is 0 Å². The van der Waals surface area contributed by atoms with Gasteiger partial charge in [-0.15, -0.1) is 11.3 Å². The molecule has 0 unspecified atom stereocenters. The van der Waals surface area contributed by atoms with Crippen molar-refractivity contribution in [3.8, 4) is 0 Å². The van der Waals surface area contributed by atoms with Crippen LogP contribution < -0.4 is 4.72 Å². The molecule has 0 radical (unpaired) electrons. The number of carboxylic acid groups (broad SMARTS) is 1. The Hall–Kier alpha value is -1.45. The average Bonchev–Trinajstić information content (AvgIpc) is 2.84. The summed E-state index contributed by atoms with van der Waals surface area (Å²) in [6.07, 6.45) is 1.49. The Kier molecular flexibility index (Phi) is 4.11. The van der Waals surface area contributed by atoms with Crippen molar-refractivity contribution in [2.45, 2.75) is 11.8 Å². The van der Waals surface area contributed by atoms with Gasteiger partial charge < -0.3 is 5.11 Å². The second-order valence-electron chi connectivity index (χ2n) is 3.88. The number of carboxylic acids is 1. The summed E-state index contributed by atoms with van der Waals surface area (Å²) in [5.41, 5.74) is 0.828. The van der Waals surface area contributed by atoms with Crippen LogP contribution in [0, 0.1) is 6.92 Å². The van der Waals surface area contributed by atoms with Crippen LogP contribution in [0.3, 0.4) is 0 Å². The van der Waals surface area contributed by atoms with Crippen LogP contribution >= 0.6 is 27.3 Å². The highest BCUT2D eigenvalue weighted by Gasteiger charge is 2.19. The predicted octanol–water partition coefficient (Wildman–Crippen LogP) is 2.71. The number of rotatable bonds is 4. The summed E-state index contributed by atoms with van der Waals surface area (Å²) in [6, 6.07) is 2.69. The summed E-state index contributed by atoms with van der Waals surface area (Å²) in [5.74, 6) is -0.983. The summed E-state index contributed by atoms with van der Waals surface area (Å²) >= 11 is 4.12. The lowest BCUT2D eigenvalue weighted by molar-refractivity contribution is 0.0702. The normalized spacial score (nSPS) is 11.3. The van der Waals surface area contributed by atoms with E-state index >= 15 is 0 Å². The molecule has 0 aromatic carbocycles. The maximum absolute atomic E-state index is 12.1. The molecule has 20 heavy (non-hydrogen) atoms. The number of nitrogens with one attached hydrogen (secondary N) is 1. The van der Waals surface area contributed by atoms with Crippen molar-refractivity contribution in [3.05, 3.63) is 38.6 Å². The SMILES string of the molecule is Cc1cc(NS(=O)(=O)c2csc(C(=O)O)c2)ncc1Br. The largest absolute Gasteiger partial charge is 0.477 e. The highest BCUT2D eigenvalue weighted by Crippen LogP contribution is 2.23. The first-order valence-electron chi connectivity index (χ1n) is 5.26. The molecular formula is C11H9BrN2O4S2. The Balaban J connectivity index is 2.30. The van der Waals surface area contributed by atoms with Gasteiger partial charge in [0.2, 0.25) is 0 Å². The first kappa shape index (κ1) is 14.9. The molecule has 106 valence electrons. The van der Waals surface area contributed by atoms with Crippen LogP contribution in [0.1, 0.15) is 15.2 Å². The lowest BCUT2D eigenvalue weighted by atomic mass is 10.3. The van der Waals surface area contributed by atoms with Crippen molar-refractivity contribution in [2.24, 2.45) is 0 Å². The molecule has 2 N–H and O–H groups in total. The molecule has 2 aromatic rings. The smallest absolute Gasteiger partial charge is 0.345 e. The zero-order valence-corrected chi connectivity index (χ0v) is 13.3. The molecule has 0 saturated heterocycles. The fourth-order valence-electron chi connectivity index (χ4n) is 1.36. The van der Waals surface area contributed by atoms with Crippen molar-refractivity contribution in [1.82, 2.24) is 4.98 Å². The van der Waals surface area contributed by atoms with E-state index in [0.29, 0.717) is 0 Å². The van der Waals surface area contributed by atoms with Crippen molar-refractivity contribution >= 4 is 49.1 Å². The minimum Gasteiger partial charge on any atom is -0.477 e. The Morgan fingerprint density at radius 2 is 2.15 bits per heavy atom. The number of sulfonamides is 1. The highest BCUT2D eigenvalue weighted by atomic mass is 79.9. The number of aromatic carboxylic acids is 1. The minimum absolute atomic E-state index is 0.0367. The van der Waals surface area contributed by atoms with Gasteiger partial charge >= 0.3 is 5.97 Å². The Morgan fingerprint density at radius 3 is 2.70 bits per heavy atom. The van der Waals surface area contributed by atoms with Gasteiger partial charge in [0.05, 0.1) is 4.90 Å². The Bertz CT molecular complexity index is 770. The fraction of sp³-hybridized carbons (Fsp3) is 0.0909. The van der Waals surface area contributed by atoms with Crippen LogP contribution in [0.5, 0.6) is 0 Å². The molecule has 2 heterocycles. The van der Waals surface area contributed by atoms with Gasteiger partial charge in [0.1, 0.15) is 10.7 Å². The van der Waals surface area contributed by atoms with Gasteiger partial charge in [0.25, 0.3) is 10.0 Å². The number of aryl methyl sites for hydroxylation is 1. The summed E-state index contributed by atoms with van der Waals surface area (Å²) in [6.45, 7) is 1.80. The third kappa shape index (κ3) is 3.17. The third-order valence-electron chi connectivity index (χ3n) is 2.38. The lowest BCUT2D eigenvalue weighted by Crippen LogP contribution is -2.13. The standard InChI is InChI=1S/C11H9BrN2O4S2/c1-6-2-10(13-4-8(6)12)14-20(17,18)7-3-9(11(15)16)19-5-7/h2-5H,1H3,(H,13,14)(H,15,16). The summed E-state index contributed by atoms with van der Waals surface area (Å²) in [5, 5.41) is 10.1. The average molecular weight is 377 g/mol. The molecule has 2 rings (SSSR count). The number of anilines is 1. The molecular weight excluding hydrogens is 368 g/mol. The zero-order chi connectivity index (χ0) is 14.9. The van der Waals surface area contributed by atoms with Gasteiger partial charge in [-0.1, -0.05) is 0 Å². The van der Waals surface area contributed by atoms with Crippen LogP contribution in [-0.4, -0.2) is 24.5 Å². The number of nitrogens with zero attached hydrogens (tertiary/aromatic N) is 1. The van der Waals surface area contributed by atoms with Gasteiger partial charge in [-0.3, -0.25) is 4.72 Å². The van der Waals surface area contributed by atoms with E-state index in [-0.39, 0.29) is 15.6 Å². The molecule has 9 heteroatoms. The van der Waals surface area contributed by atoms with E-state index in [9.17, 15) is 13.2 Å². The molecule has 0 bridgehead atoms. The van der Waals surface area contributed by atoms with E-state index in [2.05, 4.69) is 25.6 Å². The fourth-order valence-corrected chi connectivity index (χ4v) is 3.69. The molecule has 0 amide bonds. The van der Waals surface area contributed by atoms with Gasteiger partial charge in [0, 0.05) is 16.0 Å². The number of hydrogen-bond acceptors (Lipinski definition) is 5. The Morgan fingerprint density at radius 1 is 1.45 bits per heavy atom.